The normalized spacial score (nSPS) is 19.0. The molecular weight excluding hydrogens is 469 g/mol. The molecule has 2 aliphatic rings. The van der Waals surface area contributed by atoms with E-state index in [2.05, 4.69) is 10.2 Å². The van der Waals surface area contributed by atoms with Crippen molar-refractivity contribution in [3.8, 4) is 0 Å². The van der Waals surface area contributed by atoms with Crippen LogP contribution in [0.1, 0.15) is 50.7 Å². The largest absolute Gasteiger partial charge is 0.469 e. The molecule has 1 aliphatic carbocycles. The summed E-state index contributed by atoms with van der Waals surface area (Å²) in [6.07, 6.45) is 11.2. The lowest BCUT2D eigenvalue weighted by molar-refractivity contribution is 0.00981. The van der Waals surface area contributed by atoms with E-state index < -0.39 is 0 Å². The van der Waals surface area contributed by atoms with E-state index in [0.717, 1.165) is 70.3 Å². The molecule has 1 N–H and O–H groups in total. The number of piperidine rings is 1. The summed E-state index contributed by atoms with van der Waals surface area (Å²) in [5.41, 5.74) is 0. The van der Waals surface area contributed by atoms with Crippen molar-refractivity contribution in [2.24, 2.45) is 4.99 Å². The van der Waals surface area contributed by atoms with Crippen molar-refractivity contribution in [3.05, 3.63) is 24.2 Å². The standard InChI is InChI=1S/C21H35N3O3.HI/c1-25-15-5-17-27-20-10-13-24(14-11-20)21(23-18-6-2-3-7-18)22-12-9-19-8-4-16-26-19;/h4,8,16,18,20H,2-3,5-7,9-15,17H2,1H3,(H,22,23);1H. The predicted molar refractivity (Wildman–Crippen MR) is 123 cm³/mol. The smallest absolute Gasteiger partial charge is 0.194 e. The Morgan fingerprint density at radius 2 is 2.00 bits per heavy atom. The second-order valence-electron chi connectivity index (χ2n) is 7.56. The maximum absolute atomic E-state index is 6.00. The lowest BCUT2D eigenvalue weighted by Gasteiger charge is -2.35. The SMILES string of the molecule is COCCCOC1CCN(C(=NCCc2ccco2)NC2CCCC2)CC1.I. The van der Waals surface area contributed by atoms with E-state index in [4.69, 9.17) is 18.9 Å². The lowest BCUT2D eigenvalue weighted by atomic mass is 10.1. The molecule has 28 heavy (non-hydrogen) atoms. The maximum Gasteiger partial charge on any atom is 0.194 e. The van der Waals surface area contributed by atoms with Gasteiger partial charge >= 0.3 is 0 Å². The molecule has 0 bridgehead atoms. The van der Waals surface area contributed by atoms with Gasteiger partial charge in [-0.2, -0.15) is 0 Å². The molecule has 7 heteroatoms. The third-order valence-electron chi connectivity index (χ3n) is 5.48. The topological polar surface area (TPSA) is 59.2 Å². The van der Waals surface area contributed by atoms with E-state index in [1.807, 2.05) is 12.1 Å². The Morgan fingerprint density at radius 1 is 1.21 bits per heavy atom. The molecule has 0 amide bonds. The Labute approximate surface area is 186 Å². The number of furan rings is 1. The number of likely N-dealkylation sites (tertiary alicyclic amines) is 1. The van der Waals surface area contributed by atoms with E-state index in [9.17, 15) is 0 Å². The van der Waals surface area contributed by atoms with Gasteiger partial charge in [0.2, 0.25) is 0 Å². The first-order valence-electron chi connectivity index (χ1n) is 10.5. The summed E-state index contributed by atoms with van der Waals surface area (Å²) >= 11 is 0. The number of nitrogens with one attached hydrogen (secondary N) is 1. The van der Waals surface area contributed by atoms with Crippen LogP contribution in [0.2, 0.25) is 0 Å². The van der Waals surface area contributed by atoms with Crippen LogP contribution in [0.3, 0.4) is 0 Å². The van der Waals surface area contributed by atoms with Crippen LogP contribution in [-0.2, 0) is 15.9 Å². The van der Waals surface area contributed by atoms with Crippen LogP contribution in [0.4, 0.5) is 0 Å². The monoisotopic (exact) mass is 505 g/mol. The first kappa shape index (κ1) is 23.5. The molecule has 0 spiro atoms. The summed E-state index contributed by atoms with van der Waals surface area (Å²) in [4.78, 5) is 7.32. The number of nitrogens with zero attached hydrogens (tertiary/aromatic N) is 2. The number of ether oxygens (including phenoxy) is 2. The Kier molecular flexibility index (Phi) is 11.3. The van der Waals surface area contributed by atoms with Crippen molar-refractivity contribution in [2.45, 2.75) is 63.5 Å². The summed E-state index contributed by atoms with van der Waals surface area (Å²) in [7, 11) is 1.74. The van der Waals surface area contributed by atoms with Gasteiger partial charge in [-0.1, -0.05) is 12.8 Å². The number of hydrogen-bond donors (Lipinski definition) is 1. The van der Waals surface area contributed by atoms with Gasteiger partial charge in [0.25, 0.3) is 0 Å². The van der Waals surface area contributed by atoms with Gasteiger partial charge in [0.15, 0.2) is 5.96 Å². The number of methoxy groups -OCH3 is 1. The van der Waals surface area contributed by atoms with Crippen LogP contribution in [-0.4, -0.2) is 63.0 Å². The van der Waals surface area contributed by atoms with Gasteiger partial charge in [-0.15, -0.1) is 24.0 Å². The minimum atomic E-state index is 0. The molecule has 6 nitrogen and oxygen atoms in total. The van der Waals surface area contributed by atoms with E-state index in [1.54, 1.807) is 13.4 Å². The Morgan fingerprint density at radius 3 is 2.68 bits per heavy atom. The fraction of sp³-hybridized carbons (Fsp3) is 0.762. The fourth-order valence-electron chi connectivity index (χ4n) is 3.90. The summed E-state index contributed by atoms with van der Waals surface area (Å²) in [5.74, 6) is 2.08. The molecule has 0 radical (unpaired) electrons. The lowest BCUT2D eigenvalue weighted by Crippen LogP contribution is -2.49. The van der Waals surface area contributed by atoms with Crippen molar-refractivity contribution < 1.29 is 13.9 Å². The van der Waals surface area contributed by atoms with Gasteiger partial charge in [-0.05, 0) is 44.2 Å². The highest BCUT2D eigenvalue weighted by Gasteiger charge is 2.24. The zero-order valence-electron chi connectivity index (χ0n) is 17.1. The first-order valence-corrected chi connectivity index (χ1v) is 10.5. The highest BCUT2D eigenvalue weighted by atomic mass is 127. The van der Waals surface area contributed by atoms with Crippen molar-refractivity contribution >= 4 is 29.9 Å². The molecule has 1 aromatic heterocycles. The van der Waals surface area contributed by atoms with Gasteiger partial charge in [0.05, 0.1) is 12.4 Å². The molecular formula is C21H36IN3O3. The second-order valence-corrected chi connectivity index (χ2v) is 7.56. The molecule has 1 aliphatic heterocycles. The van der Waals surface area contributed by atoms with E-state index >= 15 is 0 Å². The summed E-state index contributed by atoms with van der Waals surface area (Å²) in [5, 5.41) is 3.73. The van der Waals surface area contributed by atoms with E-state index in [0.29, 0.717) is 12.1 Å². The van der Waals surface area contributed by atoms with Crippen LogP contribution in [0.25, 0.3) is 0 Å². The number of guanidine groups is 1. The summed E-state index contributed by atoms with van der Waals surface area (Å²) in [6.45, 7) is 4.35. The molecule has 2 fully saturated rings. The van der Waals surface area contributed by atoms with Crippen LogP contribution in [0.15, 0.2) is 27.8 Å². The van der Waals surface area contributed by atoms with Gasteiger partial charge in [-0.25, -0.2) is 0 Å². The van der Waals surface area contributed by atoms with Gasteiger partial charge in [-0.3, -0.25) is 4.99 Å². The van der Waals surface area contributed by atoms with Gasteiger partial charge in [0, 0.05) is 52.4 Å². The zero-order valence-corrected chi connectivity index (χ0v) is 19.4. The molecule has 2 heterocycles. The molecule has 0 atom stereocenters. The highest BCUT2D eigenvalue weighted by molar-refractivity contribution is 14.0. The summed E-state index contributed by atoms with van der Waals surface area (Å²) in [6, 6.07) is 4.54. The quantitative estimate of drug-likeness (QED) is 0.239. The van der Waals surface area contributed by atoms with Gasteiger partial charge in [0.1, 0.15) is 5.76 Å². The molecule has 1 aromatic rings. The minimum Gasteiger partial charge on any atom is -0.469 e. The van der Waals surface area contributed by atoms with Crippen LogP contribution in [0.5, 0.6) is 0 Å². The average molecular weight is 505 g/mol. The van der Waals surface area contributed by atoms with Crippen molar-refractivity contribution in [1.29, 1.82) is 0 Å². The fourth-order valence-corrected chi connectivity index (χ4v) is 3.90. The number of halogens is 1. The third kappa shape index (κ3) is 7.91. The molecule has 0 unspecified atom stereocenters. The number of aliphatic imine (C=N–C) groups is 1. The Balaban J connectivity index is 0.00000280. The van der Waals surface area contributed by atoms with Crippen molar-refractivity contribution in [1.82, 2.24) is 10.2 Å². The highest BCUT2D eigenvalue weighted by Crippen LogP contribution is 2.19. The molecule has 160 valence electrons. The van der Waals surface area contributed by atoms with E-state index in [1.165, 1.54) is 25.7 Å². The molecule has 1 saturated carbocycles. The number of rotatable bonds is 9. The van der Waals surface area contributed by atoms with Gasteiger partial charge < -0.3 is 24.1 Å². The third-order valence-corrected chi connectivity index (χ3v) is 5.48. The van der Waals surface area contributed by atoms with Crippen LogP contribution in [0, 0.1) is 0 Å². The predicted octanol–water partition coefficient (Wildman–Crippen LogP) is 3.85. The first-order chi connectivity index (χ1) is 13.3. The van der Waals surface area contributed by atoms with E-state index in [-0.39, 0.29) is 24.0 Å². The van der Waals surface area contributed by atoms with Crippen molar-refractivity contribution in [3.63, 3.8) is 0 Å². The Bertz CT molecular complexity index is 539. The number of hydrogen-bond acceptors (Lipinski definition) is 4. The van der Waals surface area contributed by atoms with Crippen LogP contribution >= 0.6 is 24.0 Å². The Hall–Kier alpha value is -0.800. The van der Waals surface area contributed by atoms with Crippen molar-refractivity contribution in [2.75, 3.05) is 40.0 Å². The minimum absolute atomic E-state index is 0. The maximum atomic E-state index is 6.00. The average Bonchev–Trinajstić information content (AvgIpc) is 3.39. The molecule has 1 saturated heterocycles. The second kappa shape index (κ2) is 13.4. The summed E-state index contributed by atoms with van der Waals surface area (Å²) < 4.78 is 16.5. The molecule has 3 rings (SSSR count). The molecule has 0 aromatic carbocycles. The zero-order chi connectivity index (χ0) is 18.7. The van der Waals surface area contributed by atoms with Crippen LogP contribution < -0.4 is 5.32 Å².